The fraction of sp³-hybridized carbons (Fsp3) is 0.250. The smallest absolute Gasteiger partial charge is 0.252 e. The van der Waals surface area contributed by atoms with E-state index >= 15 is 0 Å². The number of fused-ring (bicyclic) bond motifs is 1. The Bertz CT molecular complexity index is 909. The molecular weight excluding hydrogens is 317 g/mol. The van der Waals surface area contributed by atoms with Gasteiger partial charge in [-0.3, -0.25) is 9.78 Å². The molecule has 0 aliphatic rings. The molecule has 0 spiro atoms. The molecule has 1 amide bonds. The van der Waals surface area contributed by atoms with Crippen molar-refractivity contribution < 1.29 is 9.18 Å². The first kappa shape index (κ1) is 17.0. The van der Waals surface area contributed by atoms with E-state index in [4.69, 9.17) is 0 Å². The summed E-state index contributed by atoms with van der Waals surface area (Å²) in [7, 11) is 0. The molecule has 4 nitrogen and oxygen atoms in total. The van der Waals surface area contributed by atoms with Crippen LogP contribution in [0.4, 0.5) is 4.39 Å². The number of nitrogens with zero attached hydrogens (tertiary/aromatic N) is 2. The second-order valence-corrected chi connectivity index (χ2v) is 6.46. The molecule has 0 saturated heterocycles. The monoisotopic (exact) mass is 337 g/mol. The van der Waals surface area contributed by atoms with Gasteiger partial charge in [0, 0.05) is 29.4 Å². The Labute approximate surface area is 146 Å². The minimum atomic E-state index is -0.392. The molecule has 3 aromatic rings. The predicted molar refractivity (Wildman–Crippen MR) is 96.7 cm³/mol. The van der Waals surface area contributed by atoms with Crippen molar-refractivity contribution in [3.8, 4) is 11.3 Å². The second kappa shape index (κ2) is 6.97. The summed E-state index contributed by atoms with van der Waals surface area (Å²) >= 11 is 0. The van der Waals surface area contributed by atoms with Crippen molar-refractivity contribution in [3.05, 3.63) is 60.2 Å². The topological polar surface area (TPSA) is 54.9 Å². The van der Waals surface area contributed by atoms with Gasteiger partial charge in [-0.1, -0.05) is 13.8 Å². The molecule has 2 aromatic heterocycles. The summed E-state index contributed by atoms with van der Waals surface area (Å²) in [6.45, 7) is 6.03. The van der Waals surface area contributed by atoms with Crippen molar-refractivity contribution in [2.75, 3.05) is 0 Å². The fourth-order valence-electron chi connectivity index (χ4n) is 2.51. The van der Waals surface area contributed by atoms with Gasteiger partial charge in [0.05, 0.1) is 16.8 Å². The van der Waals surface area contributed by atoms with Crippen LogP contribution >= 0.6 is 0 Å². The number of pyridine rings is 2. The van der Waals surface area contributed by atoms with Crippen LogP contribution in [0.2, 0.25) is 0 Å². The van der Waals surface area contributed by atoms with Crippen molar-refractivity contribution >= 4 is 16.8 Å². The number of rotatable bonds is 4. The molecule has 128 valence electrons. The molecule has 3 rings (SSSR count). The maximum atomic E-state index is 13.7. The highest BCUT2D eigenvalue weighted by molar-refractivity contribution is 6.07. The van der Waals surface area contributed by atoms with Crippen LogP contribution in [0.15, 0.2) is 48.8 Å². The van der Waals surface area contributed by atoms with Crippen LogP contribution < -0.4 is 5.32 Å². The van der Waals surface area contributed by atoms with Crippen molar-refractivity contribution in [1.29, 1.82) is 0 Å². The first-order chi connectivity index (χ1) is 12.0. The van der Waals surface area contributed by atoms with Gasteiger partial charge in [0.15, 0.2) is 0 Å². The average molecular weight is 337 g/mol. The van der Waals surface area contributed by atoms with E-state index in [1.807, 2.05) is 32.9 Å². The summed E-state index contributed by atoms with van der Waals surface area (Å²) in [5.74, 6) is -0.320. The van der Waals surface area contributed by atoms with E-state index < -0.39 is 5.82 Å². The van der Waals surface area contributed by atoms with Crippen molar-refractivity contribution in [1.82, 2.24) is 15.3 Å². The summed E-state index contributed by atoms with van der Waals surface area (Å²) < 4.78 is 13.7. The van der Waals surface area contributed by atoms with Crippen molar-refractivity contribution in [2.45, 2.75) is 26.8 Å². The number of hydrogen-bond acceptors (Lipinski definition) is 3. The SMILES string of the molecule is CC(C)C(C)NC(=O)c1cc(-c2ccncc2)nc2ccc(F)cc12. The number of benzene rings is 1. The van der Waals surface area contributed by atoms with Crippen molar-refractivity contribution in [3.63, 3.8) is 0 Å². The van der Waals surface area contributed by atoms with Gasteiger partial charge in [0.25, 0.3) is 5.91 Å². The highest BCUT2D eigenvalue weighted by Crippen LogP contribution is 2.25. The Balaban J connectivity index is 2.14. The van der Waals surface area contributed by atoms with Crippen LogP contribution in [-0.4, -0.2) is 21.9 Å². The standard InChI is InChI=1S/C20H20FN3O/c1-12(2)13(3)23-20(25)17-11-19(14-6-8-22-9-7-14)24-18-5-4-15(21)10-16(17)18/h4-13H,1-3H3,(H,23,25). The molecule has 25 heavy (non-hydrogen) atoms. The van der Waals surface area contributed by atoms with Crippen LogP contribution in [0.3, 0.4) is 0 Å². The first-order valence-electron chi connectivity index (χ1n) is 8.27. The van der Waals surface area contributed by atoms with E-state index in [0.29, 0.717) is 28.1 Å². The molecule has 5 heteroatoms. The lowest BCUT2D eigenvalue weighted by atomic mass is 10.0. The summed E-state index contributed by atoms with van der Waals surface area (Å²) in [6, 6.07) is 9.68. The number of carbonyl (C=O) groups is 1. The van der Waals surface area contributed by atoms with Gasteiger partial charge in [-0.2, -0.15) is 0 Å². The Hall–Kier alpha value is -2.82. The molecule has 0 bridgehead atoms. The van der Waals surface area contributed by atoms with Gasteiger partial charge in [-0.25, -0.2) is 9.37 Å². The summed E-state index contributed by atoms with van der Waals surface area (Å²) in [5.41, 5.74) is 2.51. The first-order valence-corrected chi connectivity index (χ1v) is 8.27. The maximum Gasteiger partial charge on any atom is 0.252 e. The molecule has 0 radical (unpaired) electrons. The van der Waals surface area contributed by atoms with Crippen LogP contribution in [-0.2, 0) is 0 Å². The third kappa shape index (κ3) is 3.65. The molecule has 0 saturated carbocycles. The number of halogens is 1. The average Bonchev–Trinajstić information content (AvgIpc) is 2.61. The normalized spacial score (nSPS) is 12.4. The number of carbonyl (C=O) groups excluding carboxylic acids is 1. The van der Waals surface area contributed by atoms with Crippen molar-refractivity contribution in [2.24, 2.45) is 5.92 Å². The van der Waals surface area contributed by atoms with Crippen LogP contribution in [0.5, 0.6) is 0 Å². The Morgan fingerprint density at radius 2 is 1.80 bits per heavy atom. The molecule has 1 aromatic carbocycles. The number of hydrogen-bond donors (Lipinski definition) is 1. The van der Waals surface area contributed by atoms with Gasteiger partial charge >= 0.3 is 0 Å². The van der Waals surface area contributed by atoms with Crippen LogP contribution in [0.25, 0.3) is 22.2 Å². The zero-order valence-electron chi connectivity index (χ0n) is 14.5. The van der Waals surface area contributed by atoms with Gasteiger partial charge in [0.2, 0.25) is 0 Å². The lowest BCUT2D eigenvalue weighted by Gasteiger charge is -2.18. The molecular formula is C20H20FN3O. The molecule has 0 aliphatic heterocycles. The number of aromatic nitrogens is 2. The predicted octanol–water partition coefficient (Wildman–Crippen LogP) is 4.21. The Kier molecular flexibility index (Phi) is 4.74. The minimum Gasteiger partial charge on any atom is -0.349 e. The van der Waals surface area contributed by atoms with E-state index in [-0.39, 0.29) is 11.9 Å². The zero-order valence-corrected chi connectivity index (χ0v) is 14.5. The van der Waals surface area contributed by atoms with Crippen LogP contribution in [0, 0.1) is 11.7 Å². The molecule has 0 aliphatic carbocycles. The van der Waals surface area contributed by atoms with E-state index in [1.54, 1.807) is 24.5 Å². The summed E-state index contributed by atoms with van der Waals surface area (Å²) in [6.07, 6.45) is 3.35. The second-order valence-electron chi connectivity index (χ2n) is 6.46. The lowest BCUT2D eigenvalue weighted by Crippen LogP contribution is -2.36. The highest BCUT2D eigenvalue weighted by Gasteiger charge is 2.17. The van der Waals surface area contributed by atoms with Gasteiger partial charge in [-0.15, -0.1) is 0 Å². The molecule has 1 N–H and O–H groups in total. The largest absolute Gasteiger partial charge is 0.349 e. The van der Waals surface area contributed by atoms with E-state index in [1.165, 1.54) is 12.1 Å². The quantitative estimate of drug-likeness (QED) is 0.776. The van der Waals surface area contributed by atoms with E-state index in [0.717, 1.165) is 5.56 Å². The minimum absolute atomic E-state index is 0.00801. The third-order valence-corrected chi connectivity index (χ3v) is 4.35. The van der Waals surface area contributed by atoms with E-state index in [2.05, 4.69) is 15.3 Å². The fourth-order valence-corrected chi connectivity index (χ4v) is 2.51. The highest BCUT2D eigenvalue weighted by atomic mass is 19.1. The maximum absolute atomic E-state index is 13.7. The molecule has 2 heterocycles. The Morgan fingerprint density at radius 1 is 1.08 bits per heavy atom. The van der Waals surface area contributed by atoms with Gasteiger partial charge < -0.3 is 5.32 Å². The molecule has 0 fully saturated rings. The van der Waals surface area contributed by atoms with Crippen LogP contribution in [0.1, 0.15) is 31.1 Å². The molecule has 1 unspecified atom stereocenters. The Morgan fingerprint density at radius 3 is 2.48 bits per heavy atom. The van der Waals surface area contributed by atoms with Gasteiger partial charge in [-0.05, 0) is 49.2 Å². The molecule has 1 atom stereocenters. The lowest BCUT2D eigenvalue weighted by molar-refractivity contribution is 0.0932. The summed E-state index contributed by atoms with van der Waals surface area (Å²) in [4.78, 5) is 21.4. The van der Waals surface area contributed by atoms with E-state index in [9.17, 15) is 9.18 Å². The summed E-state index contributed by atoms with van der Waals surface area (Å²) in [5, 5.41) is 3.49. The third-order valence-electron chi connectivity index (χ3n) is 4.35. The zero-order chi connectivity index (χ0) is 18.0. The number of amides is 1. The number of nitrogens with one attached hydrogen (secondary N) is 1. The van der Waals surface area contributed by atoms with Gasteiger partial charge in [0.1, 0.15) is 5.82 Å².